The van der Waals surface area contributed by atoms with Crippen LogP contribution in [0.3, 0.4) is 0 Å². The number of amides is 1. The number of para-hydroxylation sites is 1. The van der Waals surface area contributed by atoms with E-state index in [4.69, 9.17) is 0 Å². The zero-order valence-corrected chi connectivity index (χ0v) is 14.4. The van der Waals surface area contributed by atoms with Crippen LogP contribution in [0, 0.1) is 5.92 Å². The summed E-state index contributed by atoms with van der Waals surface area (Å²) in [6.07, 6.45) is 5.72. The fourth-order valence-electron chi connectivity index (χ4n) is 2.44. The van der Waals surface area contributed by atoms with Crippen molar-refractivity contribution in [3.63, 3.8) is 0 Å². The average Bonchev–Trinajstić information content (AvgIpc) is 2.97. The van der Waals surface area contributed by atoms with Gasteiger partial charge in [-0.15, -0.1) is 11.3 Å². The number of carbonyl (C=O) groups excluding carboxylic acids is 1. The highest BCUT2D eigenvalue weighted by Gasteiger charge is 2.13. The second kappa shape index (κ2) is 8.08. The smallest absolute Gasteiger partial charge is 0.246 e. The Hall–Kier alpha value is -1.68. The van der Waals surface area contributed by atoms with Crippen LogP contribution in [0.15, 0.2) is 30.3 Å². The van der Waals surface area contributed by atoms with Crippen molar-refractivity contribution in [2.45, 2.75) is 33.6 Å². The fraction of sp³-hybridized carbons (Fsp3) is 0.444. The van der Waals surface area contributed by atoms with Gasteiger partial charge in [0.15, 0.2) is 0 Å². The number of thiazole rings is 1. The van der Waals surface area contributed by atoms with E-state index in [9.17, 15) is 4.79 Å². The molecule has 0 N–H and O–H groups in total. The first-order valence-corrected chi connectivity index (χ1v) is 8.82. The van der Waals surface area contributed by atoms with Crippen LogP contribution in [0.25, 0.3) is 16.3 Å². The third kappa shape index (κ3) is 4.17. The lowest BCUT2D eigenvalue weighted by atomic mass is 10.0. The Bertz CT molecular complexity index is 610. The van der Waals surface area contributed by atoms with Gasteiger partial charge in [0, 0.05) is 19.2 Å². The lowest BCUT2D eigenvalue weighted by molar-refractivity contribution is -0.126. The van der Waals surface area contributed by atoms with Crippen LogP contribution in [0.5, 0.6) is 0 Å². The van der Waals surface area contributed by atoms with Crippen molar-refractivity contribution >= 4 is 33.5 Å². The zero-order chi connectivity index (χ0) is 15.9. The van der Waals surface area contributed by atoms with Gasteiger partial charge in [0.1, 0.15) is 5.01 Å². The molecule has 0 bridgehead atoms. The minimum absolute atomic E-state index is 0.0775. The Kier molecular flexibility index (Phi) is 6.13. The molecule has 0 atom stereocenters. The van der Waals surface area contributed by atoms with Crippen LogP contribution >= 0.6 is 11.3 Å². The third-order valence-electron chi connectivity index (χ3n) is 4.01. The molecule has 1 aromatic heterocycles. The maximum atomic E-state index is 12.3. The molecule has 2 rings (SSSR count). The summed E-state index contributed by atoms with van der Waals surface area (Å²) in [5.41, 5.74) is 0.990. The molecule has 0 radical (unpaired) electrons. The number of fused-ring (bicyclic) bond motifs is 1. The summed E-state index contributed by atoms with van der Waals surface area (Å²) >= 11 is 1.61. The first-order chi connectivity index (χ1) is 10.7. The summed E-state index contributed by atoms with van der Waals surface area (Å²) in [6.45, 7) is 7.99. The van der Waals surface area contributed by atoms with E-state index in [1.807, 2.05) is 36.1 Å². The van der Waals surface area contributed by atoms with Crippen molar-refractivity contribution in [1.82, 2.24) is 9.88 Å². The summed E-state index contributed by atoms with van der Waals surface area (Å²) in [6, 6.07) is 8.04. The van der Waals surface area contributed by atoms with Gasteiger partial charge >= 0.3 is 0 Å². The van der Waals surface area contributed by atoms with Crippen LogP contribution in [0.2, 0.25) is 0 Å². The number of likely N-dealkylation sites (N-methyl/N-ethyl adjacent to an activating group) is 1. The zero-order valence-electron chi connectivity index (χ0n) is 13.6. The molecular weight excluding hydrogens is 292 g/mol. The Balaban J connectivity index is 2.05. The minimum atomic E-state index is 0.0775. The van der Waals surface area contributed by atoms with Gasteiger partial charge < -0.3 is 4.90 Å². The normalized spacial score (nSPS) is 11.6. The first kappa shape index (κ1) is 16.7. The highest BCUT2D eigenvalue weighted by molar-refractivity contribution is 7.19. The van der Waals surface area contributed by atoms with Gasteiger partial charge in [0.2, 0.25) is 5.91 Å². The Morgan fingerprint density at radius 1 is 1.27 bits per heavy atom. The van der Waals surface area contributed by atoms with Gasteiger partial charge in [0.05, 0.1) is 10.2 Å². The highest BCUT2D eigenvalue weighted by Crippen LogP contribution is 2.22. The van der Waals surface area contributed by atoms with Crippen molar-refractivity contribution in [2.24, 2.45) is 5.92 Å². The van der Waals surface area contributed by atoms with Gasteiger partial charge in [-0.3, -0.25) is 4.79 Å². The van der Waals surface area contributed by atoms with Crippen LogP contribution in [0.1, 0.15) is 38.6 Å². The highest BCUT2D eigenvalue weighted by atomic mass is 32.1. The van der Waals surface area contributed by atoms with Crippen molar-refractivity contribution in [1.29, 1.82) is 0 Å². The number of aromatic nitrogens is 1. The summed E-state index contributed by atoms with van der Waals surface area (Å²) in [7, 11) is 0. The summed E-state index contributed by atoms with van der Waals surface area (Å²) < 4.78 is 1.15. The van der Waals surface area contributed by atoms with E-state index in [-0.39, 0.29) is 5.91 Å². The predicted molar refractivity (Wildman–Crippen MR) is 95.0 cm³/mol. The van der Waals surface area contributed by atoms with Gasteiger partial charge in [-0.05, 0) is 31.1 Å². The largest absolute Gasteiger partial charge is 0.339 e. The molecule has 2 aromatic rings. The molecule has 0 spiro atoms. The quantitative estimate of drug-likeness (QED) is 0.700. The summed E-state index contributed by atoms with van der Waals surface area (Å²) in [5.74, 6) is 0.661. The lowest BCUT2D eigenvalue weighted by Crippen LogP contribution is -2.33. The molecule has 0 aliphatic heterocycles. The standard InChI is InChI=1S/C18H24N2OS/c1-4-14(5-2)13-20(6-3)18(21)12-11-17-19-15-9-7-8-10-16(15)22-17/h7-12,14H,4-6,13H2,1-3H3/b12-11+. The molecule has 22 heavy (non-hydrogen) atoms. The monoisotopic (exact) mass is 316 g/mol. The number of hydrogen-bond acceptors (Lipinski definition) is 3. The van der Waals surface area contributed by atoms with E-state index >= 15 is 0 Å². The van der Waals surface area contributed by atoms with Crippen LogP contribution in [-0.4, -0.2) is 28.9 Å². The maximum Gasteiger partial charge on any atom is 0.246 e. The molecule has 0 unspecified atom stereocenters. The second-order valence-electron chi connectivity index (χ2n) is 5.41. The van der Waals surface area contributed by atoms with Crippen molar-refractivity contribution < 1.29 is 4.79 Å². The maximum absolute atomic E-state index is 12.3. The van der Waals surface area contributed by atoms with Crippen LogP contribution in [0.4, 0.5) is 0 Å². The molecule has 4 heteroatoms. The third-order valence-corrected chi connectivity index (χ3v) is 5.01. The molecule has 0 fully saturated rings. The molecule has 1 heterocycles. The topological polar surface area (TPSA) is 33.2 Å². The number of benzene rings is 1. The van der Waals surface area contributed by atoms with E-state index in [2.05, 4.69) is 24.9 Å². The fourth-order valence-corrected chi connectivity index (χ4v) is 3.31. The number of hydrogen-bond donors (Lipinski definition) is 0. The van der Waals surface area contributed by atoms with Crippen molar-refractivity contribution in [3.8, 4) is 0 Å². The van der Waals surface area contributed by atoms with Gasteiger partial charge in [0.25, 0.3) is 0 Å². The molecule has 0 saturated heterocycles. The SMILES string of the molecule is CCC(CC)CN(CC)C(=O)/C=C/c1nc2ccccc2s1. The molecule has 1 aromatic carbocycles. The van der Waals surface area contributed by atoms with E-state index in [0.717, 1.165) is 41.2 Å². The number of rotatable bonds is 7. The Labute approximate surface area is 136 Å². The van der Waals surface area contributed by atoms with Crippen molar-refractivity contribution in [2.75, 3.05) is 13.1 Å². The van der Waals surface area contributed by atoms with E-state index in [0.29, 0.717) is 5.92 Å². The number of nitrogens with zero attached hydrogens (tertiary/aromatic N) is 2. The van der Waals surface area contributed by atoms with Gasteiger partial charge in [-0.25, -0.2) is 4.98 Å². The Morgan fingerprint density at radius 2 is 2.00 bits per heavy atom. The molecular formula is C18H24N2OS. The average molecular weight is 316 g/mol. The summed E-state index contributed by atoms with van der Waals surface area (Å²) in [5, 5.41) is 0.883. The molecule has 0 aliphatic rings. The predicted octanol–water partition coefficient (Wildman–Crippen LogP) is 4.59. The van der Waals surface area contributed by atoms with Crippen LogP contribution in [-0.2, 0) is 4.79 Å². The van der Waals surface area contributed by atoms with Gasteiger partial charge in [-0.1, -0.05) is 38.8 Å². The molecule has 118 valence electrons. The lowest BCUT2D eigenvalue weighted by Gasteiger charge is -2.24. The van der Waals surface area contributed by atoms with E-state index < -0.39 is 0 Å². The first-order valence-electron chi connectivity index (χ1n) is 8.00. The molecule has 0 aliphatic carbocycles. The van der Waals surface area contributed by atoms with Crippen molar-refractivity contribution in [3.05, 3.63) is 35.3 Å². The molecule has 3 nitrogen and oxygen atoms in total. The second-order valence-corrected chi connectivity index (χ2v) is 6.47. The van der Waals surface area contributed by atoms with E-state index in [1.54, 1.807) is 17.4 Å². The van der Waals surface area contributed by atoms with E-state index in [1.165, 1.54) is 0 Å². The van der Waals surface area contributed by atoms with Crippen LogP contribution < -0.4 is 0 Å². The number of carbonyl (C=O) groups is 1. The Morgan fingerprint density at radius 3 is 2.64 bits per heavy atom. The minimum Gasteiger partial charge on any atom is -0.339 e. The molecule has 0 saturated carbocycles. The van der Waals surface area contributed by atoms with Gasteiger partial charge in [-0.2, -0.15) is 0 Å². The summed E-state index contributed by atoms with van der Waals surface area (Å²) in [4.78, 5) is 18.8. The molecule has 1 amide bonds.